The Balaban J connectivity index is 2.59. The highest BCUT2D eigenvalue weighted by Crippen LogP contribution is 2.26. The van der Waals surface area contributed by atoms with Gasteiger partial charge in [-0.3, -0.25) is 0 Å². The van der Waals surface area contributed by atoms with Gasteiger partial charge in [0.05, 0.1) is 0 Å². The molecule has 0 atom stereocenters. The molecule has 0 radical (unpaired) electrons. The predicted molar refractivity (Wildman–Crippen MR) is 79.0 cm³/mol. The van der Waals surface area contributed by atoms with Crippen molar-refractivity contribution in [3.63, 3.8) is 0 Å². The van der Waals surface area contributed by atoms with Crippen LogP contribution in [-0.2, 0) is 6.54 Å². The molecule has 0 aliphatic heterocycles. The van der Waals surface area contributed by atoms with Crippen LogP contribution in [0.4, 0.5) is 0 Å². The minimum atomic E-state index is 0.487. The second-order valence-electron chi connectivity index (χ2n) is 4.99. The van der Waals surface area contributed by atoms with E-state index in [9.17, 15) is 0 Å². The predicted octanol–water partition coefficient (Wildman–Crippen LogP) is 4.59. The minimum absolute atomic E-state index is 0.487. The van der Waals surface area contributed by atoms with Gasteiger partial charge in [-0.15, -0.1) is 11.8 Å². The van der Waals surface area contributed by atoms with Gasteiger partial charge >= 0.3 is 0 Å². The number of nitrogens with one attached hydrogen (secondary N) is 1. The van der Waals surface area contributed by atoms with E-state index < -0.39 is 0 Å². The summed E-state index contributed by atoms with van der Waals surface area (Å²) >= 11 is 8.15. The summed E-state index contributed by atoms with van der Waals surface area (Å²) in [5.74, 6) is 1.85. The van der Waals surface area contributed by atoms with Gasteiger partial charge in [-0.25, -0.2) is 0 Å². The molecule has 1 rings (SSSR count). The number of halogens is 1. The third-order valence-corrected chi connectivity index (χ3v) is 4.08. The van der Waals surface area contributed by atoms with Crippen LogP contribution < -0.4 is 5.32 Å². The van der Waals surface area contributed by atoms with Crippen LogP contribution >= 0.6 is 23.4 Å². The van der Waals surface area contributed by atoms with E-state index in [4.69, 9.17) is 11.6 Å². The number of benzene rings is 1. The van der Waals surface area contributed by atoms with Crippen LogP contribution in [0.3, 0.4) is 0 Å². The van der Waals surface area contributed by atoms with Gasteiger partial charge in [-0.05, 0) is 23.6 Å². The Morgan fingerprint density at radius 2 is 1.94 bits per heavy atom. The largest absolute Gasteiger partial charge is 0.310 e. The van der Waals surface area contributed by atoms with Gasteiger partial charge in [0.25, 0.3) is 0 Å². The van der Waals surface area contributed by atoms with Crippen LogP contribution in [0.2, 0.25) is 5.02 Å². The Labute approximate surface area is 114 Å². The fourth-order valence-corrected chi connectivity index (χ4v) is 2.54. The molecule has 96 valence electrons. The maximum absolute atomic E-state index is 6.27. The number of hydrogen-bond acceptors (Lipinski definition) is 2. The van der Waals surface area contributed by atoms with Crippen LogP contribution in [0.1, 0.15) is 33.3 Å². The van der Waals surface area contributed by atoms with Gasteiger partial charge in [-0.2, -0.15) is 0 Å². The topological polar surface area (TPSA) is 12.0 Å². The van der Waals surface area contributed by atoms with Crippen LogP contribution in [0.15, 0.2) is 23.1 Å². The van der Waals surface area contributed by atoms with Crippen LogP contribution in [0, 0.1) is 5.92 Å². The summed E-state index contributed by atoms with van der Waals surface area (Å²) in [6, 6.07) is 6.85. The summed E-state index contributed by atoms with van der Waals surface area (Å²) in [5, 5.41) is 4.25. The third-order valence-electron chi connectivity index (χ3n) is 2.31. The van der Waals surface area contributed by atoms with Gasteiger partial charge in [0.15, 0.2) is 0 Å². The highest BCUT2D eigenvalue weighted by Gasteiger charge is 2.04. The first-order chi connectivity index (χ1) is 7.99. The number of thioether (sulfide) groups is 1. The molecule has 0 saturated carbocycles. The zero-order valence-corrected chi connectivity index (χ0v) is 12.7. The lowest BCUT2D eigenvalue weighted by Gasteiger charge is -2.11. The zero-order chi connectivity index (χ0) is 12.8. The number of hydrogen-bond donors (Lipinski definition) is 1. The van der Waals surface area contributed by atoms with E-state index in [2.05, 4.69) is 51.2 Å². The Bertz CT molecular complexity index is 350. The fourth-order valence-electron chi connectivity index (χ4n) is 1.34. The second-order valence-corrected chi connectivity index (χ2v) is 6.49. The molecular weight excluding hydrogens is 250 g/mol. The Hall–Kier alpha value is -0.180. The van der Waals surface area contributed by atoms with Crippen molar-refractivity contribution in [2.24, 2.45) is 5.92 Å². The maximum atomic E-state index is 6.27. The maximum Gasteiger partial charge on any atom is 0.0462 e. The minimum Gasteiger partial charge on any atom is -0.310 e. The summed E-state index contributed by atoms with van der Waals surface area (Å²) in [4.78, 5) is 1.26. The Morgan fingerprint density at radius 3 is 2.47 bits per heavy atom. The van der Waals surface area contributed by atoms with Gasteiger partial charge < -0.3 is 5.32 Å². The molecular formula is C14H22ClNS. The van der Waals surface area contributed by atoms with E-state index in [1.165, 1.54) is 10.5 Å². The van der Waals surface area contributed by atoms with Crippen LogP contribution in [-0.4, -0.2) is 11.8 Å². The van der Waals surface area contributed by atoms with E-state index in [1.54, 1.807) is 0 Å². The lowest BCUT2D eigenvalue weighted by Crippen LogP contribution is -2.21. The van der Waals surface area contributed by atoms with Crippen molar-refractivity contribution in [2.45, 2.75) is 45.2 Å². The summed E-state index contributed by atoms with van der Waals surface area (Å²) < 4.78 is 0. The van der Waals surface area contributed by atoms with E-state index in [1.807, 2.05) is 11.8 Å². The van der Waals surface area contributed by atoms with Crippen molar-refractivity contribution in [3.8, 4) is 0 Å². The van der Waals surface area contributed by atoms with Crippen molar-refractivity contribution in [1.29, 1.82) is 0 Å². The standard InChI is InChI=1S/C14H22ClNS/c1-10(2)9-17-13-6-5-12(14(15)7-13)8-16-11(3)4/h5-7,10-11,16H,8-9H2,1-4H3. The Kier molecular flexibility index (Phi) is 6.39. The Morgan fingerprint density at radius 1 is 1.24 bits per heavy atom. The smallest absolute Gasteiger partial charge is 0.0462 e. The molecule has 0 spiro atoms. The molecule has 1 nitrogen and oxygen atoms in total. The summed E-state index contributed by atoms with van der Waals surface area (Å²) in [7, 11) is 0. The molecule has 0 amide bonds. The lowest BCUT2D eigenvalue weighted by molar-refractivity contribution is 0.589. The van der Waals surface area contributed by atoms with Gasteiger partial charge in [0, 0.05) is 28.3 Å². The molecule has 0 bridgehead atoms. The molecule has 0 aromatic heterocycles. The van der Waals surface area contributed by atoms with Crippen molar-refractivity contribution in [2.75, 3.05) is 5.75 Å². The van der Waals surface area contributed by atoms with Crippen molar-refractivity contribution >= 4 is 23.4 Å². The molecule has 0 aliphatic rings. The lowest BCUT2D eigenvalue weighted by atomic mass is 10.2. The van der Waals surface area contributed by atoms with E-state index in [0.717, 1.165) is 17.3 Å². The molecule has 1 N–H and O–H groups in total. The number of rotatable bonds is 6. The molecule has 3 heteroatoms. The fraction of sp³-hybridized carbons (Fsp3) is 0.571. The molecule has 0 aliphatic carbocycles. The molecule has 0 fully saturated rings. The first kappa shape index (κ1) is 14.9. The van der Waals surface area contributed by atoms with E-state index in [0.29, 0.717) is 12.0 Å². The first-order valence-electron chi connectivity index (χ1n) is 6.13. The van der Waals surface area contributed by atoms with E-state index in [-0.39, 0.29) is 0 Å². The van der Waals surface area contributed by atoms with E-state index >= 15 is 0 Å². The SMILES string of the molecule is CC(C)CSc1ccc(CNC(C)C)c(Cl)c1. The summed E-state index contributed by atoms with van der Waals surface area (Å²) in [5.41, 5.74) is 1.18. The highest BCUT2D eigenvalue weighted by molar-refractivity contribution is 7.99. The quantitative estimate of drug-likeness (QED) is 0.760. The van der Waals surface area contributed by atoms with Crippen molar-refractivity contribution < 1.29 is 0 Å². The van der Waals surface area contributed by atoms with Crippen LogP contribution in [0.5, 0.6) is 0 Å². The normalized spacial score (nSPS) is 11.5. The second kappa shape index (κ2) is 7.30. The molecule has 17 heavy (non-hydrogen) atoms. The van der Waals surface area contributed by atoms with Gasteiger partial charge in [0.1, 0.15) is 0 Å². The summed E-state index contributed by atoms with van der Waals surface area (Å²) in [6.07, 6.45) is 0. The average molecular weight is 272 g/mol. The van der Waals surface area contributed by atoms with Crippen molar-refractivity contribution in [3.05, 3.63) is 28.8 Å². The first-order valence-corrected chi connectivity index (χ1v) is 7.50. The monoisotopic (exact) mass is 271 g/mol. The average Bonchev–Trinajstić information content (AvgIpc) is 2.24. The van der Waals surface area contributed by atoms with Gasteiger partial charge in [-0.1, -0.05) is 45.4 Å². The molecule has 0 heterocycles. The highest BCUT2D eigenvalue weighted by atomic mass is 35.5. The molecule has 0 saturated heterocycles. The van der Waals surface area contributed by atoms with Crippen molar-refractivity contribution in [1.82, 2.24) is 5.32 Å². The third kappa shape index (κ3) is 5.80. The zero-order valence-electron chi connectivity index (χ0n) is 11.1. The molecule has 0 unspecified atom stereocenters. The van der Waals surface area contributed by atoms with Gasteiger partial charge in [0.2, 0.25) is 0 Å². The van der Waals surface area contributed by atoms with Crippen LogP contribution in [0.25, 0.3) is 0 Å². The molecule has 1 aromatic rings. The molecule has 1 aromatic carbocycles. The summed E-state index contributed by atoms with van der Waals surface area (Å²) in [6.45, 7) is 9.58.